The Balaban J connectivity index is 2.37. The van der Waals surface area contributed by atoms with Crippen LogP contribution in [-0.4, -0.2) is 25.6 Å². The van der Waals surface area contributed by atoms with E-state index >= 15 is 0 Å². The zero-order chi connectivity index (χ0) is 12.0. The van der Waals surface area contributed by atoms with Crippen LogP contribution in [0.1, 0.15) is 5.56 Å². The predicted molar refractivity (Wildman–Crippen MR) is 67.3 cm³/mol. The van der Waals surface area contributed by atoms with E-state index in [0.717, 1.165) is 10.0 Å². The minimum Gasteiger partial charge on any atom is -0.383 e. The summed E-state index contributed by atoms with van der Waals surface area (Å²) in [6.07, 6.45) is 0. The van der Waals surface area contributed by atoms with Gasteiger partial charge in [-0.2, -0.15) is 0 Å². The lowest BCUT2D eigenvalue weighted by molar-refractivity contribution is 0.197. The molecule has 1 atom stereocenters. The first-order valence-electron chi connectivity index (χ1n) is 4.91. The summed E-state index contributed by atoms with van der Waals surface area (Å²) in [6.45, 7) is 1.81. The van der Waals surface area contributed by atoms with Crippen LogP contribution in [0.3, 0.4) is 0 Å². The van der Waals surface area contributed by atoms with Crippen LogP contribution < -0.4 is 5.32 Å². The average molecular weight is 311 g/mol. The third-order valence-corrected chi connectivity index (χ3v) is 3.06. The number of methoxy groups -OCH3 is 1. The predicted octanol–water partition coefficient (Wildman–Crippen LogP) is 2.93. The van der Waals surface area contributed by atoms with Gasteiger partial charge in [0.2, 0.25) is 0 Å². The van der Waals surface area contributed by atoms with Crippen molar-refractivity contribution in [2.45, 2.75) is 11.9 Å². The number of rotatable bonds is 6. The number of alkyl halides is 1. The van der Waals surface area contributed by atoms with E-state index in [0.29, 0.717) is 19.7 Å². The Hall–Kier alpha value is -0.160. The molecule has 0 heterocycles. The van der Waals surface area contributed by atoms with Crippen LogP contribution in [0.5, 0.6) is 0 Å². The molecule has 0 aliphatic heterocycles. The molecule has 2 nitrogen and oxygen atoms in total. The Labute approximate surface area is 108 Å². The Bertz CT molecular complexity index is 338. The third-order valence-electron chi connectivity index (χ3n) is 2.04. The topological polar surface area (TPSA) is 21.3 Å². The molecule has 90 valence electrons. The summed E-state index contributed by atoms with van der Waals surface area (Å²) in [7, 11) is 1.62. The van der Waals surface area contributed by atoms with Crippen molar-refractivity contribution in [1.82, 2.24) is 5.32 Å². The summed E-state index contributed by atoms with van der Waals surface area (Å²) in [5.74, 6) is -0.245. The van der Waals surface area contributed by atoms with Gasteiger partial charge in [0, 0.05) is 24.7 Å². The quantitative estimate of drug-likeness (QED) is 0.816. The standard InChI is InChI=1S/C11H14BrClFNO/c1-16-7-9(13)6-15-5-8-2-3-10(14)4-11(8)12/h2-4,9,15H,5-7H2,1H3. The summed E-state index contributed by atoms with van der Waals surface area (Å²) < 4.78 is 18.5. The maximum atomic E-state index is 12.8. The van der Waals surface area contributed by atoms with Crippen LogP contribution in [0, 0.1) is 5.82 Å². The van der Waals surface area contributed by atoms with Crippen molar-refractivity contribution in [2.75, 3.05) is 20.3 Å². The van der Waals surface area contributed by atoms with Gasteiger partial charge in [0.1, 0.15) is 5.82 Å². The highest BCUT2D eigenvalue weighted by atomic mass is 79.9. The number of ether oxygens (including phenoxy) is 1. The molecule has 1 unspecified atom stereocenters. The highest BCUT2D eigenvalue weighted by Gasteiger charge is 2.05. The summed E-state index contributed by atoms with van der Waals surface area (Å²) in [5.41, 5.74) is 1.00. The Morgan fingerprint density at radius 2 is 2.31 bits per heavy atom. The third kappa shape index (κ3) is 4.78. The maximum Gasteiger partial charge on any atom is 0.124 e. The van der Waals surface area contributed by atoms with Crippen molar-refractivity contribution in [2.24, 2.45) is 0 Å². The molecule has 1 N–H and O–H groups in total. The van der Waals surface area contributed by atoms with Crippen molar-refractivity contribution in [3.8, 4) is 0 Å². The molecule has 5 heteroatoms. The van der Waals surface area contributed by atoms with Crippen molar-refractivity contribution < 1.29 is 9.13 Å². The number of hydrogen-bond acceptors (Lipinski definition) is 2. The van der Waals surface area contributed by atoms with Gasteiger partial charge in [-0.05, 0) is 17.7 Å². The van der Waals surface area contributed by atoms with E-state index < -0.39 is 0 Å². The molecule has 0 bridgehead atoms. The fraction of sp³-hybridized carbons (Fsp3) is 0.455. The molecule has 0 saturated carbocycles. The highest BCUT2D eigenvalue weighted by molar-refractivity contribution is 9.10. The number of benzene rings is 1. The summed E-state index contributed by atoms with van der Waals surface area (Å²) in [6, 6.07) is 4.63. The largest absolute Gasteiger partial charge is 0.383 e. The van der Waals surface area contributed by atoms with E-state index in [-0.39, 0.29) is 11.2 Å². The van der Waals surface area contributed by atoms with Gasteiger partial charge >= 0.3 is 0 Å². The molecule has 0 amide bonds. The lowest BCUT2D eigenvalue weighted by Crippen LogP contribution is -2.26. The van der Waals surface area contributed by atoms with E-state index in [1.54, 1.807) is 13.2 Å². The fourth-order valence-electron chi connectivity index (χ4n) is 1.27. The van der Waals surface area contributed by atoms with Crippen molar-refractivity contribution in [3.63, 3.8) is 0 Å². The highest BCUT2D eigenvalue weighted by Crippen LogP contribution is 2.17. The molecule has 0 radical (unpaired) electrons. The maximum absolute atomic E-state index is 12.8. The molecular weight excluding hydrogens is 296 g/mol. The molecule has 1 aromatic rings. The SMILES string of the molecule is COCC(Cl)CNCc1ccc(F)cc1Br. The van der Waals surface area contributed by atoms with Gasteiger partial charge < -0.3 is 10.1 Å². The second kappa shape index (κ2) is 7.22. The van der Waals surface area contributed by atoms with E-state index in [4.69, 9.17) is 16.3 Å². The van der Waals surface area contributed by atoms with Gasteiger partial charge in [0.05, 0.1) is 12.0 Å². The lowest BCUT2D eigenvalue weighted by atomic mass is 10.2. The molecule has 0 fully saturated rings. The van der Waals surface area contributed by atoms with Crippen LogP contribution in [0.15, 0.2) is 22.7 Å². The van der Waals surface area contributed by atoms with E-state index in [2.05, 4.69) is 21.2 Å². The van der Waals surface area contributed by atoms with Crippen LogP contribution in [-0.2, 0) is 11.3 Å². The van der Waals surface area contributed by atoms with Crippen LogP contribution >= 0.6 is 27.5 Å². The normalized spacial score (nSPS) is 12.8. The molecule has 0 aliphatic carbocycles. The first-order valence-corrected chi connectivity index (χ1v) is 6.14. The van der Waals surface area contributed by atoms with Crippen molar-refractivity contribution >= 4 is 27.5 Å². The molecule has 0 aliphatic rings. The minimum atomic E-state index is -0.245. The second-order valence-corrected chi connectivity index (χ2v) is 4.89. The molecular formula is C11H14BrClFNO. The zero-order valence-corrected chi connectivity index (χ0v) is 11.3. The van der Waals surface area contributed by atoms with Crippen molar-refractivity contribution in [3.05, 3.63) is 34.1 Å². The summed E-state index contributed by atoms with van der Waals surface area (Å²) in [4.78, 5) is 0. The van der Waals surface area contributed by atoms with Gasteiger partial charge in [-0.25, -0.2) is 4.39 Å². The van der Waals surface area contributed by atoms with E-state index in [1.807, 2.05) is 0 Å². The number of halogens is 3. The Morgan fingerprint density at radius 3 is 2.94 bits per heavy atom. The molecule has 0 aromatic heterocycles. The fourth-order valence-corrected chi connectivity index (χ4v) is 1.99. The van der Waals surface area contributed by atoms with Gasteiger partial charge in [-0.1, -0.05) is 22.0 Å². The molecule has 1 rings (SSSR count). The van der Waals surface area contributed by atoms with E-state index in [9.17, 15) is 4.39 Å². The number of hydrogen-bond donors (Lipinski definition) is 1. The van der Waals surface area contributed by atoms with Crippen molar-refractivity contribution in [1.29, 1.82) is 0 Å². The van der Waals surface area contributed by atoms with Crippen LogP contribution in [0.4, 0.5) is 4.39 Å². The molecule has 0 spiro atoms. The Kier molecular flexibility index (Phi) is 6.28. The number of nitrogens with one attached hydrogen (secondary N) is 1. The van der Waals surface area contributed by atoms with Crippen LogP contribution in [0.25, 0.3) is 0 Å². The lowest BCUT2D eigenvalue weighted by Gasteiger charge is -2.10. The minimum absolute atomic E-state index is 0.0516. The average Bonchev–Trinajstić information content (AvgIpc) is 2.22. The van der Waals surface area contributed by atoms with Gasteiger partial charge in [-0.3, -0.25) is 0 Å². The Morgan fingerprint density at radius 1 is 1.56 bits per heavy atom. The first-order chi connectivity index (χ1) is 7.63. The molecule has 1 aromatic carbocycles. The van der Waals surface area contributed by atoms with Gasteiger partial charge in [0.25, 0.3) is 0 Å². The van der Waals surface area contributed by atoms with Crippen LogP contribution in [0.2, 0.25) is 0 Å². The summed E-state index contributed by atoms with van der Waals surface area (Å²) >= 11 is 9.26. The second-order valence-electron chi connectivity index (χ2n) is 3.42. The monoisotopic (exact) mass is 309 g/mol. The molecule has 0 saturated heterocycles. The zero-order valence-electron chi connectivity index (χ0n) is 8.97. The molecule has 16 heavy (non-hydrogen) atoms. The first kappa shape index (κ1) is 13.9. The smallest absolute Gasteiger partial charge is 0.124 e. The van der Waals surface area contributed by atoms with Gasteiger partial charge in [0.15, 0.2) is 0 Å². The van der Waals surface area contributed by atoms with Gasteiger partial charge in [-0.15, -0.1) is 11.6 Å². The van der Waals surface area contributed by atoms with E-state index in [1.165, 1.54) is 12.1 Å². The summed E-state index contributed by atoms with van der Waals surface area (Å²) in [5, 5.41) is 3.13.